The van der Waals surface area contributed by atoms with Crippen LogP contribution in [0.5, 0.6) is 0 Å². The third kappa shape index (κ3) is 4.36. The number of nitro groups is 1. The van der Waals surface area contributed by atoms with Gasteiger partial charge >= 0.3 is 5.97 Å². The Hall–Kier alpha value is -1.74. The summed E-state index contributed by atoms with van der Waals surface area (Å²) in [5.41, 5.74) is -1.63. The lowest BCUT2D eigenvalue weighted by Gasteiger charge is -2.07. The summed E-state index contributed by atoms with van der Waals surface area (Å²) in [5, 5.41) is 10.7. The van der Waals surface area contributed by atoms with Crippen molar-refractivity contribution in [3.63, 3.8) is 0 Å². The molecule has 0 heterocycles. The summed E-state index contributed by atoms with van der Waals surface area (Å²) in [5.74, 6) is -2.66. The summed E-state index contributed by atoms with van der Waals surface area (Å²) in [6.07, 6.45) is 1.23. The lowest BCUT2D eigenvalue weighted by molar-refractivity contribution is -0.385. The van der Waals surface area contributed by atoms with Crippen LogP contribution >= 0.6 is 10.7 Å². The molecule has 21 heavy (non-hydrogen) atoms. The number of hydrogen-bond acceptors (Lipinski definition) is 6. The van der Waals surface area contributed by atoms with E-state index in [-0.39, 0.29) is 6.61 Å². The molecule has 0 fully saturated rings. The quantitative estimate of drug-likeness (QED) is 0.259. The van der Waals surface area contributed by atoms with E-state index in [1.54, 1.807) is 0 Å². The monoisotopic (exact) mass is 339 g/mol. The van der Waals surface area contributed by atoms with Crippen molar-refractivity contribution < 1.29 is 27.3 Å². The van der Waals surface area contributed by atoms with Crippen LogP contribution in [0.3, 0.4) is 0 Å². The van der Waals surface area contributed by atoms with Gasteiger partial charge in [-0.15, -0.1) is 0 Å². The molecule has 0 saturated carbocycles. The Kier molecular flexibility index (Phi) is 5.62. The number of carbonyl (C=O) groups is 1. The molecule has 0 unspecified atom stereocenters. The molecule has 0 aliphatic carbocycles. The summed E-state index contributed by atoms with van der Waals surface area (Å²) in [4.78, 5) is 20.3. The van der Waals surface area contributed by atoms with Crippen molar-refractivity contribution >= 4 is 31.4 Å². The molecule has 0 spiro atoms. The van der Waals surface area contributed by atoms with Gasteiger partial charge in [0.25, 0.3) is 14.7 Å². The fraction of sp³-hybridized carbons (Fsp3) is 0.364. The molecular weight excluding hydrogens is 329 g/mol. The van der Waals surface area contributed by atoms with Crippen molar-refractivity contribution in [2.24, 2.45) is 0 Å². The molecule has 0 aliphatic heterocycles. The van der Waals surface area contributed by atoms with Gasteiger partial charge in [0, 0.05) is 22.8 Å². The number of benzene rings is 1. The second-order valence-electron chi connectivity index (χ2n) is 3.99. The summed E-state index contributed by atoms with van der Waals surface area (Å²) >= 11 is 0. The molecule has 1 rings (SSSR count). The van der Waals surface area contributed by atoms with Crippen molar-refractivity contribution in [3.8, 4) is 0 Å². The molecule has 0 atom stereocenters. The van der Waals surface area contributed by atoms with E-state index in [0.29, 0.717) is 25.0 Å². The Morgan fingerprint density at radius 3 is 2.57 bits per heavy atom. The van der Waals surface area contributed by atoms with Gasteiger partial charge in [-0.1, -0.05) is 13.3 Å². The van der Waals surface area contributed by atoms with Gasteiger partial charge in [-0.2, -0.15) is 0 Å². The molecule has 0 aromatic heterocycles. The predicted octanol–water partition coefficient (Wildman–Crippen LogP) is 2.62. The minimum absolute atomic E-state index is 0.0135. The molecule has 116 valence electrons. The highest BCUT2D eigenvalue weighted by atomic mass is 35.7. The number of nitrogens with zero attached hydrogens (tertiary/aromatic N) is 1. The normalized spacial score (nSPS) is 11.2. The highest BCUT2D eigenvalue weighted by molar-refractivity contribution is 8.13. The van der Waals surface area contributed by atoms with Gasteiger partial charge in [0.05, 0.1) is 11.5 Å². The Morgan fingerprint density at radius 1 is 1.48 bits per heavy atom. The van der Waals surface area contributed by atoms with Gasteiger partial charge in [-0.3, -0.25) is 10.1 Å². The Labute approximate surface area is 124 Å². The zero-order valence-corrected chi connectivity index (χ0v) is 12.4. The first kappa shape index (κ1) is 17.3. The van der Waals surface area contributed by atoms with E-state index in [4.69, 9.17) is 15.4 Å². The van der Waals surface area contributed by atoms with Crippen LogP contribution in [0.1, 0.15) is 30.1 Å². The third-order valence-corrected chi connectivity index (χ3v) is 3.77. The van der Waals surface area contributed by atoms with E-state index >= 15 is 0 Å². The first-order valence-corrected chi connectivity index (χ1v) is 8.09. The van der Waals surface area contributed by atoms with Crippen molar-refractivity contribution in [2.45, 2.75) is 24.7 Å². The van der Waals surface area contributed by atoms with Crippen LogP contribution in [0.15, 0.2) is 17.0 Å². The van der Waals surface area contributed by atoms with Crippen LogP contribution in [0.25, 0.3) is 0 Å². The summed E-state index contributed by atoms with van der Waals surface area (Å²) in [6.45, 7) is 1.82. The van der Waals surface area contributed by atoms with Crippen LogP contribution in [0.4, 0.5) is 10.1 Å². The Morgan fingerprint density at radius 2 is 2.10 bits per heavy atom. The number of esters is 1. The van der Waals surface area contributed by atoms with Crippen LogP contribution < -0.4 is 0 Å². The van der Waals surface area contributed by atoms with E-state index in [9.17, 15) is 27.7 Å². The molecule has 1 aromatic rings. The number of non-ortho nitro benzene ring substituents is 1. The van der Waals surface area contributed by atoms with E-state index in [1.807, 2.05) is 6.92 Å². The van der Waals surface area contributed by atoms with Gasteiger partial charge in [-0.25, -0.2) is 17.6 Å². The van der Waals surface area contributed by atoms with E-state index in [1.165, 1.54) is 0 Å². The number of rotatable bonds is 6. The summed E-state index contributed by atoms with van der Waals surface area (Å²) in [7, 11) is 0.416. The second-order valence-corrected chi connectivity index (χ2v) is 6.52. The molecule has 0 bridgehead atoms. The zero-order valence-electron chi connectivity index (χ0n) is 10.8. The molecule has 1 aromatic carbocycles. The molecule has 0 aliphatic rings. The standard InChI is InChI=1S/C11H11ClFNO6S/c1-2-3-4-20-11(15)8-5-7(14(16)17)6-9(10(8)13)21(12,18)19/h5-6H,2-4H2,1H3. The first-order chi connectivity index (χ1) is 9.68. The van der Waals surface area contributed by atoms with Gasteiger partial charge in [0.2, 0.25) is 0 Å². The zero-order chi connectivity index (χ0) is 16.2. The van der Waals surface area contributed by atoms with Crippen LogP contribution in [-0.2, 0) is 13.8 Å². The smallest absolute Gasteiger partial charge is 0.341 e. The Balaban J connectivity index is 3.34. The lowest BCUT2D eigenvalue weighted by Crippen LogP contribution is -2.12. The number of nitro benzene ring substituents is 1. The number of halogens is 2. The molecule has 7 nitrogen and oxygen atoms in total. The Bertz CT molecular complexity index is 676. The van der Waals surface area contributed by atoms with Crippen LogP contribution in [0, 0.1) is 15.9 Å². The fourth-order valence-electron chi connectivity index (χ4n) is 1.40. The first-order valence-electron chi connectivity index (χ1n) is 5.78. The highest BCUT2D eigenvalue weighted by Crippen LogP contribution is 2.28. The average molecular weight is 340 g/mol. The van der Waals surface area contributed by atoms with Gasteiger partial charge in [0.15, 0.2) is 5.82 Å². The minimum Gasteiger partial charge on any atom is -0.462 e. The van der Waals surface area contributed by atoms with Crippen LogP contribution in [-0.4, -0.2) is 25.9 Å². The van der Waals surface area contributed by atoms with E-state index in [2.05, 4.69) is 0 Å². The number of carbonyl (C=O) groups excluding carboxylic acids is 1. The van der Waals surface area contributed by atoms with Gasteiger partial charge in [0.1, 0.15) is 10.5 Å². The topological polar surface area (TPSA) is 104 Å². The largest absolute Gasteiger partial charge is 0.462 e. The third-order valence-electron chi connectivity index (χ3n) is 2.45. The molecule has 0 saturated heterocycles. The van der Waals surface area contributed by atoms with E-state index < -0.39 is 41.9 Å². The highest BCUT2D eigenvalue weighted by Gasteiger charge is 2.28. The van der Waals surface area contributed by atoms with Crippen LogP contribution in [0.2, 0.25) is 0 Å². The van der Waals surface area contributed by atoms with Crippen molar-refractivity contribution in [3.05, 3.63) is 33.6 Å². The van der Waals surface area contributed by atoms with Crippen molar-refractivity contribution in [1.82, 2.24) is 0 Å². The molecular formula is C11H11ClFNO6S. The number of unbranched alkanes of at least 4 members (excludes halogenated alkanes) is 1. The number of hydrogen-bond donors (Lipinski definition) is 0. The average Bonchev–Trinajstić information content (AvgIpc) is 2.37. The van der Waals surface area contributed by atoms with Gasteiger partial charge in [-0.05, 0) is 6.42 Å². The SMILES string of the molecule is CCCCOC(=O)c1cc([N+](=O)[O-])cc(S(=O)(=O)Cl)c1F. The molecule has 10 heteroatoms. The molecule has 0 N–H and O–H groups in total. The van der Waals surface area contributed by atoms with Crippen molar-refractivity contribution in [2.75, 3.05) is 6.61 Å². The van der Waals surface area contributed by atoms with Gasteiger partial charge < -0.3 is 4.74 Å². The summed E-state index contributed by atoms with van der Waals surface area (Å²) < 4.78 is 41.1. The van der Waals surface area contributed by atoms with E-state index in [0.717, 1.165) is 0 Å². The maximum Gasteiger partial charge on any atom is 0.341 e. The lowest BCUT2D eigenvalue weighted by atomic mass is 10.2. The molecule has 0 radical (unpaired) electrons. The maximum atomic E-state index is 14.0. The van der Waals surface area contributed by atoms with Crippen molar-refractivity contribution in [1.29, 1.82) is 0 Å². The fourth-order valence-corrected chi connectivity index (χ4v) is 2.32. The number of ether oxygens (including phenoxy) is 1. The maximum absolute atomic E-state index is 14.0. The summed E-state index contributed by atoms with van der Waals surface area (Å²) in [6, 6.07) is 1.05. The molecule has 0 amide bonds. The predicted molar refractivity (Wildman–Crippen MR) is 71.3 cm³/mol. The minimum atomic E-state index is -4.59. The second kappa shape index (κ2) is 6.81.